The van der Waals surface area contributed by atoms with E-state index in [4.69, 9.17) is 0 Å². The van der Waals surface area contributed by atoms with Crippen molar-refractivity contribution in [1.82, 2.24) is 4.31 Å². The molecule has 4 heteroatoms. The Labute approximate surface area is 96.7 Å². The van der Waals surface area contributed by atoms with Crippen molar-refractivity contribution in [3.8, 4) is 0 Å². The molecule has 0 saturated carbocycles. The molecule has 0 aliphatic carbocycles. The van der Waals surface area contributed by atoms with Gasteiger partial charge in [-0.2, -0.15) is 0 Å². The Morgan fingerprint density at radius 3 is 1.87 bits per heavy atom. The zero-order valence-corrected chi connectivity index (χ0v) is 10.9. The molecule has 0 aromatic heterocycles. The van der Waals surface area contributed by atoms with Crippen molar-refractivity contribution in [2.45, 2.75) is 58.8 Å². The van der Waals surface area contributed by atoms with Crippen LogP contribution in [0, 0.1) is 0 Å². The Morgan fingerprint density at radius 1 is 0.933 bits per heavy atom. The third kappa shape index (κ3) is 9.03. The van der Waals surface area contributed by atoms with Crippen molar-refractivity contribution in [3.63, 3.8) is 0 Å². The van der Waals surface area contributed by atoms with Crippen LogP contribution < -0.4 is 0 Å². The highest BCUT2D eigenvalue weighted by Crippen LogP contribution is 2.05. The van der Waals surface area contributed by atoms with Crippen LogP contribution in [0.1, 0.15) is 58.8 Å². The topological polar surface area (TPSA) is 43.4 Å². The molecule has 0 aliphatic rings. The number of nitrogens with zero attached hydrogens (tertiary/aromatic N) is 1. The summed E-state index contributed by atoms with van der Waals surface area (Å²) in [6.07, 6.45) is 7.76. The SMILES string of the molecule is CCCCCCN(CCCCC)S(=O)[O-]. The van der Waals surface area contributed by atoms with E-state index in [1.54, 1.807) is 4.31 Å². The summed E-state index contributed by atoms with van der Waals surface area (Å²) in [5, 5.41) is 0. The second-order valence-corrected chi connectivity index (χ2v) is 4.86. The molecule has 1 unspecified atom stereocenters. The highest BCUT2D eigenvalue weighted by atomic mass is 32.2. The maximum absolute atomic E-state index is 10.9. The van der Waals surface area contributed by atoms with Gasteiger partial charge in [0.1, 0.15) is 0 Å². The summed E-state index contributed by atoms with van der Waals surface area (Å²) >= 11 is -2.03. The second kappa shape index (κ2) is 10.6. The van der Waals surface area contributed by atoms with Crippen LogP contribution in [-0.4, -0.2) is 26.2 Å². The van der Waals surface area contributed by atoms with E-state index in [9.17, 15) is 8.76 Å². The van der Waals surface area contributed by atoms with E-state index in [1.165, 1.54) is 12.8 Å². The first kappa shape index (κ1) is 15.1. The van der Waals surface area contributed by atoms with Crippen molar-refractivity contribution in [2.24, 2.45) is 0 Å². The van der Waals surface area contributed by atoms with E-state index in [0.29, 0.717) is 13.1 Å². The number of hydrogen-bond donors (Lipinski definition) is 0. The summed E-state index contributed by atoms with van der Waals surface area (Å²) in [5.41, 5.74) is 0. The monoisotopic (exact) mass is 234 g/mol. The van der Waals surface area contributed by atoms with Crippen LogP contribution in [0.5, 0.6) is 0 Å². The second-order valence-electron chi connectivity index (χ2n) is 3.91. The first-order chi connectivity index (χ1) is 7.22. The molecular weight excluding hydrogens is 210 g/mol. The number of unbranched alkanes of at least 4 members (excludes halogenated alkanes) is 5. The fourth-order valence-corrected chi connectivity index (χ4v) is 2.07. The molecule has 0 fully saturated rings. The van der Waals surface area contributed by atoms with Crippen LogP contribution in [0.2, 0.25) is 0 Å². The molecule has 0 rings (SSSR count). The highest BCUT2D eigenvalue weighted by Gasteiger charge is 2.03. The predicted molar refractivity (Wildman–Crippen MR) is 64.2 cm³/mol. The van der Waals surface area contributed by atoms with Gasteiger partial charge in [-0.3, -0.25) is 4.21 Å². The van der Waals surface area contributed by atoms with Crippen molar-refractivity contribution in [2.75, 3.05) is 13.1 Å². The molecule has 0 amide bonds. The van der Waals surface area contributed by atoms with Crippen molar-refractivity contribution in [1.29, 1.82) is 0 Å². The lowest BCUT2D eigenvalue weighted by molar-refractivity contribution is 0.369. The lowest BCUT2D eigenvalue weighted by atomic mass is 10.2. The molecule has 0 N–H and O–H groups in total. The number of hydrogen-bond acceptors (Lipinski definition) is 2. The largest absolute Gasteiger partial charge is 0.760 e. The van der Waals surface area contributed by atoms with Gasteiger partial charge in [0.05, 0.1) is 0 Å². The summed E-state index contributed by atoms with van der Waals surface area (Å²) in [7, 11) is 0. The molecule has 0 heterocycles. The summed E-state index contributed by atoms with van der Waals surface area (Å²) in [4.78, 5) is 0. The van der Waals surface area contributed by atoms with E-state index in [2.05, 4.69) is 13.8 Å². The van der Waals surface area contributed by atoms with Crippen LogP contribution in [0.4, 0.5) is 0 Å². The molecule has 0 aromatic rings. The fraction of sp³-hybridized carbons (Fsp3) is 1.00. The molecule has 0 radical (unpaired) electrons. The Kier molecular flexibility index (Phi) is 10.6. The first-order valence-electron chi connectivity index (χ1n) is 6.06. The van der Waals surface area contributed by atoms with E-state index in [1.807, 2.05) is 0 Å². The minimum Gasteiger partial charge on any atom is -0.760 e. The first-order valence-corrected chi connectivity index (χ1v) is 7.09. The van der Waals surface area contributed by atoms with Crippen molar-refractivity contribution in [3.05, 3.63) is 0 Å². The molecule has 0 aliphatic heterocycles. The normalized spacial score (nSPS) is 13.3. The molecular formula is C11H24NO2S-. The van der Waals surface area contributed by atoms with Gasteiger partial charge in [-0.05, 0) is 12.8 Å². The molecule has 0 aromatic carbocycles. The van der Waals surface area contributed by atoms with Crippen LogP contribution in [-0.2, 0) is 11.3 Å². The average molecular weight is 234 g/mol. The summed E-state index contributed by atoms with van der Waals surface area (Å²) < 4.78 is 23.3. The summed E-state index contributed by atoms with van der Waals surface area (Å²) in [5.74, 6) is 0. The zero-order valence-electron chi connectivity index (χ0n) is 10.0. The summed E-state index contributed by atoms with van der Waals surface area (Å²) in [6.45, 7) is 5.67. The predicted octanol–water partition coefficient (Wildman–Crippen LogP) is 2.85. The smallest absolute Gasteiger partial charge is 0.0209 e. The standard InChI is InChI=1S/C11H25NO2S/c1-3-5-7-9-11-12(15(13)14)10-8-6-4-2/h3-11H2,1-2H3,(H,13,14)/p-1. The van der Waals surface area contributed by atoms with Crippen molar-refractivity contribution < 1.29 is 8.76 Å². The average Bonchev–Trinajstić information content (AvgIpc) is 2.21. The molecule has 92 valence electrons. The van der Waals surface area contributed by atoms with E-state index < -0.39 is 11.3 Å². The maximum atomic E-state index is 10.9. The van der Waals surface area contributed by atoms with E-state index in [0.717, 1.165) is 32.1 Å². The third-order valence-corrected chi connectivity index (χ3v) is 3.27. The van der Waals surface area contributed by atoms with Gasteiger partial charge in [-0.1, -0.05) is 46.0 Å². The van der Waals surface area contributed by atoms with Gasteiger partial charge < -0.3 is 4.55 Å². The maximum Gasteiger partial charge on any atom is 0.0209 e. The Bertz CT molecular complexity index is 165. The van der Waals surface area contributed by atoms with Crippen LogP contribution in [0.15, 0.2) is 0 Å². The molecule has 1 atom stereocenters. The van der Waals surface area contributed by atoms with Gasteiger partial charge in [0.25, 0.3) is 0 Å². The lowest BCUT2D eigenvalue weighted by Gasteiger charge is -2.23. The highest BCUT2D eigenvalue weighted by molar-refractivity contribution is 7.76. The quantitative estimate of drug-likeness (QED) is 0.431. The lowest BCUT2D eigenvalue weighted by Crippen LogP contribution is -2.28. The van der Waals surface area contributed by atoms with Gasteiger partial charge in [0, 0.05) is 24.4 Å². The molecule has 0 saturated heterocycles. The van der Waals surface area contributed by atoms with Gasteiger partial charge in [0.15, 0.2) is 0 Å². The minimum atomic E-state index is -2.03. The Balaban J connectivity index is 3.59. The van der Waals surface area contributed by atoms with Crippen LogP contribution in [0.25, 0.3) is 0 Å². The fourth-order valence-electron chi connectivity index (χ4n) is 1.51. The third-order valence-electron chi connectivity index (χ3n) is 2.48. The van der Waals surface area contributed by atoms with Gasteiger partial charge >= 0.3 is 0 Å². The Hall–Kier alpha value is 0.0700. The zero-order chi connectivity index (χ0) is 11.5. The van der Waals surface area contributed by atoms with Gasteiger partial charge in [-0.15, -0.1) is 0 Å². The van der Waals surface area contributed by atoms with E-state index in [-0.39, 0.29) is 0 Å². The Morgan fingerprint density at radius 2 is 1.40 bits per heavy atom. The molecule has 15 heavy (non-hydrogen) atoms. The minimum absolute atomic E-state index is 0.691. The van der Waals surface area contributed by atoms with Crippen LogP contribution in [0.3, 0.4) is 0 Å². The van der Waals surface area contributed by atoms with Gasteiger partial charge in [0.2, 0.25) is 0 Å². The molecule has 0 spiro atoms. The molecule has 3 nitrogen and oxygen atoms in total. The summed E-state index contributed by atoms with van der Waals surface area (Å²) in [6, 6.07) is 0. The number of rotatable bonds is 10. The van der Waals surface area contributed by atoms with E-state index >= 15 is 0 Å². The molecule has 0 bridgehead atoms. The van der Waals surface area contributed by atoms with Crippen LogP contribution >= 0.6 is 0 Å². The van der Waals surface area contributed by atoms with Gasteiger partial charge in [-0.25, -0.2) is 4.31 Å². The van der Waals surface area contributed by atoms with Crippen molar-refractivity contribution >= 4 is 11.3 Å².